The van der Waals surface area contributed by atoms with Crippen LogP contribution in [-0.4, -0.2) is 40.1 Å². The summed E-state index contributed by atoms with van der Waals surface area (Å²) in [5, 5.41) is 2.78. The first-order valence-electron chi connectivity index (χ1n) is 10.2. The van der Waals surface area contributed by atoms with Crippen LogP contribution in [0, 0.1) is 6.92 Å². The summed E-state index contributed by atoms with van der Waals surface area (Å²) in [6, 6.07) is 22.5. The zero-order valence-corrected chi connectivity index (χ0v) is 18.4. The van der Waals surface area contributed by atoms with E-state index in [9.17, 15) is 13.2 Å². The SMILES string of the molecule is Cc1ccccc1N(CC(=O)NC[C@@H]1COc2ccccc2O1)S(=O)(=O)c1ccccc1. The highest BCUT2D eigenvalue weighted by Gasteiger charge is 2.28. The van der Waals surface area contributed by atoms with Gasteiger partial charge < -0.3 is 14.8 Å². The third kappa shape index (κ3) is 4.70. The van der Waals surface area contributed by atoms with E-state index in [1.165, 1.54) is 12.1 Å². The van der Waals surface area contributed by atoms with Crippen molar-refractivity contribution >= 4 is 21.6 Å². The average molecular weight is 453 g/mol. The molecule has 3 aromatic rings. The van der Waals surface area contributed by atoms with E-state index in [4.69, 9.17) is 9.47 Å². The van der Waals surface area contributed by atoms with Crippen LogP contribution in [-0.2, 0) is 14.8 Å². The number of benzene rings is 3. The van der Waals surface area contributed by atoms with E-state index >= 15 is 0 Å². The second-order valence-corrected chi connectivity index (χ2v) is 9.28. The van der Waals surface area contributed by atoms with Crippen molar-refractivity contribution in [1.82, 2.24) is 5.32 Å². The van der Waals surface area contributed by atoms with E-state index in [0.29, 0.717) is 23.8 Å². The van der Waals surface area contributed by atoms with Gasteiger partial charge in [-0.2, -0.15) is 0 Å². The maximum Gasteiger partial charge on any atom is 0.264 e. The molecule has 1 amide bonds. The van der Waals surface area contributed by atoms with E-state index in [2.05, 4.69) is 5.32 Å². The van der Waals surface area contributed by atoms with Crippen molar-refractivity contribution in [3.63, 3.8) is 0 Å². The lowest BCUT2D eigenvalue weighted by Crippen LogP contribution is -2.45. The molecule has 0 unspecified atom stereocenters. The van der Waals surface area contributed by atoms with Crippen LogP contribution < -0.4 is 19.1 Å². The Labute approximate surface area is 187 Å². The number of nitrogens with one attached hydrogen (secondary N) is 1. The summed E-state index contributed by atoms with van der Waals surface area (Å²) in [5.74, 6) is 0.844. The van der Waals surface area contributed by atoms with Crippen molar-refractivity contribution < 1.29 is 22.7 Å². The molecule has 0 saturated heterocycles. The lowest BCUT2D eigenvalue weighted by Gasteiger charge is -2.28. The number of fused-ring (bicyclic) bond motifs is 1. The quantitative estimate of drug-likeness (QED) is 0.595. The Morgan fingerprint density at radius 2 is 1.62 bits per heavy atom. The number of nitrogens with zero attached hydrogens (tertiary/aromatic N) is 1. The second-order valence-electron chi connectivity index (χ2n) is 7.41. The maximum atomic E-state index is 13.4. The zero-order valence-electron chi connectivity index (χ0n) is 17.6. The number of para-hydroxylation sites is 3. The summed E-state index contributed by atoms with van der Waals surface area (Å²) in [7, 11) is -3.94. The van der Waals surface area contributed by atoms with Crippen LogP contribution in [0.2, 0.25) is 0 Å². The van der Waals surface area contributed by atoms with Crippen LogP contribution in [0.5, 0.6) is 11.5 Å². The fourth-order valence-corrected chi connectivity index (χ4v) is 4.95. The van der Waals surface area contributed by atoms with Gasteiger partial charge in [0, 0.05) is 0 Å². The van der Waals surface area contributed by atoms with Gasteiger partial charge in [-0.05, 0) is 42.8 Å². The van der Waals surface area contributed by atoms with Gasteiger partial charge in [-0.25, -0.2) is 8.42 Å². The predicted octanol–water partition coefficient (Wildman–Crippen LogP) is 3.15. The Hall–Kier alpha value is -3.52. The lowest BCUT2D eigenvalue weighted by molar-refractivity contribution is -0.120. The molecule has 0 aliphatic carbocycles. The van der Waals surface area contributed by atoms with Gasteiger partial charge in [0.05, 0.1) is 17.1 Å². The third-order valence-electron chi connectivity index (χ3n) is 5.10. The molecule has 1 atom stereocenters. The zero-order chi connectivity index (χ0) is 22.6. The van der Waals surface area contributed by atoms with Gasteiger partial charge >= 0.3 is 0 Å². The molecule has 0 spiro atoms. The molecular formula is C24H24N2O5S. The normalized spacial score (nSPS) is 15.1. The monoisotopic (exact) mass is 452 g/mol. The van der Waals surface area contributed by atoms with Gasteiger partial charge in [-0.1, -0.05) is 48.5 Å². The van der Waals surface area contributed by atoms with Crippen LogP contribution in [0.1, 0.15) is 5.56 Å². The summed E-state index contributed by atoms with van der Waals surface area (Å²) in [5.41, 5.74) is 1.21. The maximum absolute atomic E-state index is 13.4. The molecule has 1 aliphatic heterocycles. The van der Waals surface area contributed by atoms with Crippen molar-refractivity contribution in [2.75, 3.05) is 24.0 Å². The van der Waals surface area contributed by atoms with Crippen LogP contribution >= 0.6 is 0 Å². The van der Waals surface area contributed by atoms with Crippen LogP contribution in [0.3, 0.4) is 0 Å². The Balaban J connectivity index is 1.49. The molecule has 0 radical (unpaired) electrons. The minimum atomic E-state index is -3.94. The van der Waals surface area contributed by atoms with Gasteiger partial charge in [0.15, 0.2) is 11.5 Å². The highest BCUT2D eigenvalue weighted by Crippen LogP contribution is 2.31. The van der Waals surface area contributed by atoms with Gasteiger partial charge in [-0.15, -0.1) is 0 Å². The largest absolute Gasteiger partial charge is 0.486 e. The molecule has 32 heavy (non-hydrogen) atoms. The van der Waals surface area contributed by atoms with E-state index in [-0.39, 0.29) is 24.1 Å². The first-order valence-corrected chi connectivity index (χ1v) is 11.7. The van der Waals surface area contributed by atoms with Crippen molar-refractivity contribution in [1.29, 1.82) is 0 Å². The number of aryl methyl sites for hydroxylation is 1. The highest BCUT2D eigenvalue weighted by atomic mass is 32.2. The van der Waals surface area contributed by atoms with Crippen LogP contribution in [0.15, 0.2) is 83.8 Å². The van der Waals surface area contributed by atoms with E-state index < -0.39 is 15.9 Å². The number of carbonyl (C=O) groups excluding carboxylic acids is 1. The molecule has 7 nitrogen and oxygen atoms in total. The first-order chi connectivity index (χ1) is 15.4. The molecule has 8 heteroatoms. The number of sulfonamides is 1. The van der Waals surface area contributed by atoms with Crippen molar-refractivity contribution in [3.8, 4) is 11.5 Å². The molecule has 4 rings (SSSR count). The number of rotatable bonds is 7. The third-order valence-corrected chi connectivity index (χ3v) is 6.87. The van der Waals surface area contributed by atoms with Crippen molar-refractivity contribution in [2.24, 2.45) is 0 Å². The summed E-state index contributed by atoms with van der Waals surface area (Å²) >= 11 is 0. The van der Waals surface area contributed by atoms with Gasteiger partial charge in [0.2, 0.25) is 5.91 Å². The fourth-order valence-electron chi connectivity index (χ4n) is 3.44. The van der Waals surface area contributed by atoms with E-state index in [1.807, 2.05) is 37.3 Å². The van der Waals surface area contributed by atoms with Crippen molar-refractivity contribution in [2.45, 2.75) is 17.9 Å². The van der Waals surface area contributed by atoms with Gasteiger partial charge in [0.1, 0.15) is 19.3 Å². The molecule has 3 aromatic carbocycles. The minimum Gasteiger partial charge on any atom is -0.486 e. The number of amides is 1. The summed E-state index contributed by atoms with van der Waals surface area (Å²) in [4.78, 5) is 12.9. The molecule has 0 fully saturated rings. The molecule has 0 saturated carbocycles. The molecule has 1 aliphatic rings. The number of anilines is 1. The molecular weight excluding hydrogens is 428 g/mol. The minimum absolute atomic E-state index is 0.122. The second kappa shape index (κ2) is 9.32. The molecule has 0 bridgehead atoms. The van der Waals surface area contributed by atoms with Gasteiger partial charge in [0.25, 0.3) is 10.0 Å². The van der Waals surface area contributed by atoms with Crippen molar-refractivity contribution in [3.05, 3.63) is 84.4 Å². The summed E-state index contributed by atoms with van der Waals surface area (Å²) < 4.78 is 39.4. The lowest BCUT2D eigenvalue weighted by atomic mass is 10.2. The Morgan fingerprint density at radius 1 is 0.969 bits per heavy atom. The molecule has 0 aromatic heterocycles. The standard InChI is InChI=1S/C24H24N2O5S/c1-18-9-5-6-12-21(18)26(32(28,29)20-10-3-2-4-11-20)16-24(27)25-15-19-17-30-22-13-7-8-14-23(22)31-19/h2-14,19H,15-17H2,1H3,(H,25,27)/t19-/m1/s1. The van der Waals surface area contributed by atoms with Crippen LogP contribution in [0.4, 0.5) is 5.69 Å². The number of ether oxygens (including phenoxy) is 2. The number of carbonyl (C=O) groups is 1. The first kappa shape index (κ1) is 21.7. The summed E-state index contributed by atoms with van der Waals surface area (Å²) in [6.45, 7) is 1.94. The smallest absolute Gasteiger partial charge is 0.264 e. The van der Waals surface area contributed by atoms with Gasteiger partial charge in [-0.3, -0.25) is 9.10 Å². The van der Waals surface area contributed by atoms with Crippen LogP contribution in [0.25, 0.3) is 0 Å². The summed E-state index contributed by atoms with van der Waals surface area (Å²) in [6.07, 6.45) is -0.369. The molecule has 1 N–H and O–H groups in total. The molecule has 166 valence electrons. The predicted molar refractivity (Wildman–Crippen MR) is 122 cm³/mol. The fraction of sp³-hybridized carbons (Fsp3) is 0.208. The number of hydrogen-bond donors (Lipinski definition) is 1. The van der Waals surface area contributed by atoms with E-state index in [0.717, 1.165) is 9.87 Å². The topological polar surface area (TPSA) is 84.9 Å². The Kier molecular flexibility index (Phi) is 6.32. The number of hydrogen-bond acceptors (Lipinski definition) is 5. The molecule has 1 heterocycles. The Bertz CT molecular complexity index is 1200. The van der Waals surface area contributed by atoms with E-state index in [1.54, 1.807) is 36.4 Å². The highest BCUT2D eigenvalue weighted by molar-refractivity contribution is 7.92. The Morgan fingerprint density at radius 3 is 2.38 bits per heavy atom. The average Bonchev–Trinajstić information content (AvgIpc) is 2.82.